The molecule has 3 aliphatic rings. The fourth-order valence-electron chi connectivity index (χ4n) is 3.97. The van der Waals surface area contributed by atoms with Crippen LogP contribution in [0.25, 0.3) is 0 Å². The first-order valence-electron chi connectivity index (χ1n) is 8.20. The summed E-state index contributed by atoms with van der Waals surface area (Å²) in [5, 5.41) is 20.9. The normalized spacial score (nSPS) is 40.7. The molecule has 2 N–H and O–H groups in total. The lowest BCUT2D eigenvalue weighted by molar-refractivity contribution is -0.185. The summed E-state index contributed by atoms with van der Waals surface area (Å²) in [7, 11) is 0. The molecule has 3 saturated heterocycles. The van der Waals surface area contributed by atoms with Crippen molar-refractivity contribution in [3.05, 3.63) is 0 Å². The van der Waals surface area contributed by atoms with Crippen LogP contribution >= 0.6 is 0 Å². The lowest BCUT2D eigenvalue weighted by Gasteiger charge is -2.33. The van der Waals surface area contributed by atoms with Gasteiger partial charge in [0.15, 0.2) is 11.9 Å². The Bertz CT molecular complexity index is 487. The minimum absolute atomic E-state index is 0.260. The lowest BCUT2D eigenvalue weighted by atomic mass is 10.00. The number of carbonyl (C=O) groups is 1. The minimum Gasteiger partial charge on any atom is -0.458 e. The molecule has 0 aromatic heterocycles. The van der Waals surface area contributed by atoms with E-state index in [1.165, 1.54) is 0 Å². The number of rotatable bonds is 2. The van der Waals surface area contributed by atoms with E-state index in [0.717, 1.165) is 0 Å². The molecule has 23 heavy (non-hydrogen) atoms. The molecule has 0 unspecified atom stereocenters. The molecule has 0 bridgehead atoms. The first kappa shape index (κ1) is 17.1. The summed E-state index contributed by atoms with van der Waals surface area (Å²) in [6.07, 6.45) is -2.11. The summed E-state index contributed by atoms with van der Waals surface area (Å²) in [4.78, 5) is 14.2. The van der Waals surface area contributed by atoms with E-state index >= 15 is 0 Å². The van der Waals surface area contributed by atoms with Crippen LogP contribution in [0.3, 0.4) is 0 Å². The van der Waals surface area contributed by atoms with Crippen LogP contribution < -0.4 is 0 Å². The van der Waals surface area contributed by atoms with E-state index in [0.29, 0.717) is 13.0 Å². The Labute approximate surface area is 136 Å². The van der Waals surface area contributed by atoms with Gasteiger partial charge in [-0.2, -0.15) is 0 Å². The number of hydrogen-bond donors (Lipinski definition) is 2. The van der Waals surface area contributed by atoms with Gasteiger partial charge in [0.2, 0.25) is 0 Å². The van der Waals surface area contributed by atoms with Crippen molar-refractivity contribution in [2.75, 3.05) is 6.54 Å². The van der Waals surface area contributed by atoms with Gasteiger partial charge >= 0.3 is 5.97 Å². The summed E-state index contributed by atoms with van der Waals surface area (Å²) >= 11 is 0. The average molecular weight is 329 g/mol. The van der Waals surface area contributed by atoms with E-state index in [1.54, 1.807) is 34.6 Å². The summed E-state index contributed by atoms with van der Waals surface area (Å²) in [6.45, 7) is 9.47. The third-order valence-electron chi connectivity index (χ3n) is 4.65. The van der Waals surface area contributed by atoms with Crippen LogP contribution in [0, 0.1) is 0 Å². The zero-order valence-electron chi connectivity index (χ0n) is 14.4. The Morgan fingerprint density at radius 2 is 1.91 bits per heavy atom. The van der Waals surface area contributed by atoms with Crippen LogP contribution in [0.2, 0.25) is 0 Å². The van der Waals surface area contributed by atoms with Crippen LogP contribution in [-0.2, 0) is 19.0 Å². The van der Waals surface area contributed by atoms with Crippen molar-refractivity contribution in [1.82, 2.24) is 4.90 Å². The van der Waals surface area contributed by atoms with Crippen LogP contribution in [0.5, 0.6) is 0 Å². The van der Waals surface area contributed by atoms with Crippen molar-refractivity contribution in [3.63, 3.8) is 0 Å². The third kappa shape index (κ3) is 3.00. The lowest BCUT2D eigenvalue weighted by Crippen LogP contribution is -2.51. The van der Waals surface area contributed by atoms with Gasteiger partial charge in [0.25, 0.3) is 0 Å². The topological polar surface area (TPSA) is 88.5 Å². The van der Waals surface area contributed by atoms with Gasteiger partial charge in [-0.15, -0.1) is 0 Å². The van der Waals surface area contributed by atoms with E-state index in [1.807, 2.05) is 4.90 Å². The molecule has 0 aromatic rings. The maximum atomic E-state index is 12.3. The smallest absolute Gasteiger partial charge is 0.337 e. The number of aliphatic hydroxyl groups is 2. The van der Waals surface area contributed by atoms with Gasteiger partial charge in [-0.05, 0) is 41.0 Å². The largest absolute Gasteiger partial charge is 0.458 e. The number of hydrogen-bond acceptors (Lipinski definition) is 7. The summed E-state index contributed by atoms with van der Waals surface area (Å²) < 4.78 is 17.2. The first-order chi connectivity index (χ1) is 10.5. The zero-order chi connectivity index (χ0) is 17.2. The molecule has 3 fully saturated rings. The van der Waals surface area contributed by atoms with Gasteiger partial charge in [-0.3, -0.25) is 4.90 Å². The summed E-state index contributed by atoms with van der Waals surface area (Å²) in [6, 6.07) is -0.831. The molecule has 0 saturated carbocycles. The predicted molar refractivity (Wildman–Crippen MR) is 80.6 cm³/mol. The average Bonchev–Trinajstić information content (AvgIpc) is 2.96. The number of esters is 1. The number of fused-ring (bicyclic) bond motifs is 3. The summed E-state index contributed by atoms with van der Waals surface area (Å²) in [5.41, 5.74) is -0.674. The number of nitrogens with zero attached hydrogens (tertiary/aromatic N) is 1. The molecule has 0 spiro atoms. The Kier molecular flexibility index (Phi) is 4.01. The second-order valence-electron chi connectivity index (χ2n) is 8.12. The summed E-state index contributed by atoms with van der Waals surface area (Å²) in [5.74, 6) is -1.47. The number of ether oxygens (including phenoxy) is 3. The van der Waals surface area contributed by atoms with Crippen LogP contribution in [-0.4, -0.2) is 75.5 Å². The monoisotopic (exact) mass is 329 g/mol. The number of aliphatic hydroxyl groups excluding tert-OH is 2. The standard InChI is InChI=1S/C16H27NO6/c1-15(2,3)23-14(20)11(19)10-13-12(21-16(4,5)22-13)9-8(18)6-7-17(9)10/h8-13,18-19H,6-7H2,1-5H3/t8-,9-,10+,11-,12-,13+/m1/s1. The van der Waals surface area contributed by atoms with Gasteiger partial charge in [0, 0.05) is 6.54 Å². The predicted octanol–water partition coefficient (Wildman–Crippen LogP) is 0.0265. The van der Waals surface area contributed by atoms with E-state index in [2.05, 4.69) is 0 Å². The van der Waals surface area contributed by atoms with Crippen molar-refractivity contribution >= 4 is 5.97 Å². The molecule has 3 aliphatic heterocycles. The number of carbonyl (C=O) groups excluding carboxylic acids is 1. The molecule has 132 valence electrons. The Balaban J connectivity index is 1.84. The van der Waals surface area contributed by atoms with Crippen LogP contribution in [0.4, 0.5) is 0 Å². The van der Waals surface area contributed by atoms with Crippen LogP contribution in [0.1, 0.15) is 41.0 Å². The van der Waals surface area contributed by atoms with Crippen molar-refractivity contribution in [1.29, 1.82) is 0 Å². The first-order valence-corrected chi connectivity index (χ1v) is 8.20. The van der Waals surface area contributed by atoms with Gasteiger partial charge in [0.1, 0.15) is 17.8 Å². The van der Waals surface area contributed by atoms with Gasteiger partial charge < -0.3 is 24.4 Å². The SMILES string of the molecule is CC(C)(C)OC(=O)[C@H](O)[C@H]1[C@@H]2OC(C)(C)O[C@@H]2[C@H]2[C@H](O)CCN12. The maximum absolute atomic E-state index is 12.3. The molecule has 3 heterocycles. The van der Waals surface area contributed by atoms with Gasteiger partial charge in [-0.1, -0.05) is 0 Å². The van der Waals surface area contributed by atoms with Crippen molar-refractivity contribution in [3.8, 4) is 0 Å². The molecule has 7 heteroatoms. The van der Waals surface area contributed by atoms with E-state index < -0.39 is 41.7 Å². The fourth-order valence-corrected chi connectivity index (χ4v) is 3.97. The molecule has 3 rings (SSSR count). The van der Waals surface area contributed by atoms with Crippen molar-refractivity contribution < 1.29 is 29.2 Å². The molecular weight excluding hydrogens is 302 g/mol. The molecular formula is C16H27NO6. The van der Waals surface area contributed by atoms with Crippen molar-refractivity contribution in [2.24, 2.45) is 0 Å². The van der Waals surface area contributed by atoms with Gasteiger partial charge in [-0.25, -0.2) is 4.79 Å². The van der Waals surface area contributed by atoms with Crippen molar-refractivity contribution in [2.45, 2.75) is 88.9 Å². The molecule has 6 atom stereocenters. The quantitative estimate of drug-likeness (QED) is 0.691. The Morgan fingerprint density at radius 3 is 2.52 bits per heavy atom. The molecule has 0 radical (unpaired) electrons. The maximum Gasteiger partial charge on any atom is 0.337 e. The van der Waals surface area contributed by atoms with Crippen LogP contribution in [0.15, 0.2) is 0 Å². The molecule has 0 aromatic carbocycles. The zero-order valence-corrected chi connectivity index (χ0v) is 14.4. The highest BCUT2D eigenvalue weighted by molar-refractivity contribution is 5.76. The molecule has 7 nitrogen and oxygen atoms in total. The van der Waals surface area contributed by atoms with E-state index in [-0.39, 0.29) is 12.1 Å². The third-order valence-corrected chi connectivity index (χ3v) is 4.65. The molecule has 0 amide bonds. The van der Waals surface area contributed by atoms with E-state index in [9.17, 15) is 15.0 Å². The van der Waals surface area contributed by atoms with E-state index in [4.69, 9.17) is 14.2 Å². The molecule has 0 aliphatic carbocycles. The second-order valence-corrected chi connectivity index (χ2v) is 8.12. The highest BCUT2D eigenvalue weighted by Crippen LogP contribution is 2.45. The minimum atomic E-state index is -1.34. The highest BCUT2D eigenvalue weighted by atomic mass is 16.8. The van der Waals surface area contributed by atoms with Gasteiger partial charge in [0.05, 0.1) is 18.2 Å². The Hall–Kier alpha value is -0.730. The fraction of sp³-hybridized carbons (Fsp3) is 0.938. The highest BCUT2D eigenvalue weighted by Gasteiger charge is 2.63. The Morgan fingerprint density at radius 1 is 1.30 bits per heavy atom. The second kappa shape index (κ2) is 5.39.